The van der Waals surface area contributed by atoms with Crippen molar-refractivity contribution in [2.75, 3.05) is 0 Å². The van der Waals surface area contributed by atoms with Gasteiger partial charge in [-0.1, -0.05) is 12.1 Å². The highest BCUT2D eigenvalue weighted by atomic mass is 35.5. The number of Topliss-reactive ketones (excluding diaryl/α,β-unsaturated/α-hetero) is 1. The number of nitrogens with zero attached hydrogens (tertiary/aromatic N) is 1. The first-order valence-corrected chi connectivity index (χ1v) is 6.13. The number of halogens is 1. The van der Waals surface area contributed by atoms with Crippen LogP contribution in [0.2, 0.25) is 0 Å². The number of benzene rings is 1. The summed E-state index contributed by atoms with van der Waals surface area (Å²) in [4.78, 5) is 12.3. The zero-order valence-corrected chi connectivity index (χ0v) is 12.2. The molecule has 0 unspecified atom stereocenters. The van der Waals surface area contributed by atoms with E-state index in [4.69, 9.17) is 0 Å². The highest BCUT2D eigenvalue weighted by molar-refractivity contribution is 5.96. The lowest BCUT2D eigenvalue weighted by atomic mass is 9.98. The van der Waals surface area contributed by atoms with Crippen molar-refractivity contribution in [1.82, 2.24) is 0 Å². The molecule has 1 heterocycles. The number of aryl methyl sites for hydroxylation is 3. The van der Waals surface area contributed by atoms with E-state index in [1.54, 1.807) is 0 Å². The maximum atomic E-state index is 12.3. The summed E-state index contributed by atoms with van der Waals surface area (Å²) in [5.41, 5.74) is 4.28. The lowest BCUT2D eigenvalue weighted by Crippen LogP contribution is -3.00. The Morgan fingerprint density at radius 2 is 1.53 bits per heavy atom. The number of aromatic nitrogens is 1. The molecule has 0 aliphatic heterocycles. The van der Waals surface area contributed by atoms with E-state index in [-0.39, 0.29) is 18.2 Å². The fourth-order valence-corrected chi connectivity index (χ4v) is 2.05. The van der Waals surface area contributed by atoms with Gasteiger partial charge in [0.15, 0.2) is 12.4 Å². The molecule has 0 N–H and O–H groups in total. The molecule has 0 spiro atoms. The molecule has 0 saturated carbocycles. The van der Waals surface area contributed by atoms with Crippen LogP contribution in [0.1, 0.15) is 27.0 Å². The van der Waals surface area contributed by atoms with Crippen LogP contribution in [-0.4, -0.2) is 5.78 Å². The molecule has 0 fully saturated rings. The minimum Gasteiger partial charge on any atom is -1.00 e. The fraction of sp³-hybridized carbons (Fsp3) is 0.250. The van der Waals surface area contributed by atoms with Crippen molar-refractivity contribution in [2.45, 2.75) is 27.3 Å². The van der Waals surface area contributed by atoms with Crippen LogP contribution in [0.4, 0.5) is 0 Å². The first kappa shape index (κ1) is 15.4. The summed E-state index contributed by atoms with van der Waals surface area (Å²) in [7, 11) is 0. The van der Waals surface area contributed by atoms with E-state index in [0.717, 1.165) is 11.1 Å². The van der Waals surface area contributed by atoms with E-state index in [2.05, 4.69) is 13.0 Å². The molecule has 0 aliphatic carbocycles. The molecule has 0 amide bonds. The van der Waals surface area contributed by atoms with Crippen molar-refractivity contribution in [3.05, 3.63) is 65.0 Å². The van der Waals surface area contributed by atoms with Gasteiger partial charge in [0.05, 0.1) is 0 Å². The molecule has 0 atom stereocenters. The van der Waals surface area contributed by atoms with E-state index in [1.807, 2.05) is 55.1 Å². The number of carbonyl (C=O) groups excluding carboxylic acids is 1. The average molecular weight is 276 g/mol. The van der Waals surface area contributed by atoms with E-state index < -0.39 is 0 Å². The van der Waals surface area contributed by atoms with Crippen LogP contribution in [0.3, 0.4) is 0 Å². The van der Waals surface area contributed by atoms with E-state index in [9.17, 15) is 4.79 Å². The lowest BCUT2D eigenvalue weighted by Gasteiger charge is -2.07. The Morgan fingerprint density at radius 1 is 0.947 bits per heavy atom. The Labute approximate surface area is 120 Å². The Hall–Kier alpha value is -1.67. The van der Waals surface area contributed by atoms with Gasteiger partial charge in [-0.3, -0.25) is 4.79 Å². The van der Waals surface area contributed by atoms with Gasteiger partial charge in [0.1, 0.15) is 0 Å². The molecular weight excluding hydrogens is 258 g/mol. The zero-order valence-electron chi connectivity index (χ0n) is 11.5. The third-order valence-corrected chi connectivity index (χ3v) is 3.24. The molecule has 19 heavy (non-hydrogen) atoms. The van der Waals surface area contributed by atoms with Crippen LogP contribution in [0.15, 0.2) is 42.7 Å². The number of pyridine rings is 1. The molecular formula is C16H18ClNO. The van der Waals surface area contributed by atoms with Gasteiger partial charge in [-0.25, -0.2) is 0 Å². The molecule has 1 aromatic heterocycles. The zero-order chi connectivity index (χ0) is 13.1. The largest absolute Gasteiger partial charge is 1.00 e. The summed E-state index contributed by atoms with van der Waals surface area (Å²) in [6.07, 6.45) is 3.82. The summed E-state index contributed by atoms with van der Waals surface area (Å²) in [5, 5.41) is 0. The molecule has 2 nitrogen and oxygen atoms in total. The van der Waals surface area contributed by atoms with Crippen LogP contribution in [0, 0.1) is 20.8 Å². The van der Waals surface area contributed by atoms with Crippen LogP contribution in [0.25, 0.3) is 0 Å². The highest BCUT2D eigenvalue weighted by Crippen LogP contribution is 2.15. The number of hydrogen-bond donors (Lipinski definition) is 0. The van der Waals surface area contributed by atoms with Crippen molar-refractivity contribution in [1.29, 1.82) is 0 Å². The molecule has 1 aromatic carbocycles. The topological polar surface area (TPSA) is 20.9 Å². The summed E-state index contributed by atoms with van der Waals surface area (Å²) in [6.45, 7) is 6.50. The second-order valence-corrected chi connectivity index (χ2v) is 4.72. The Morgan fingerprint density at radius 3 is 2.16 bits per heavy atom. The van der Waals surface area contributed by atoms with Crippen molar-refractivity contribution in [2.24, 2.45) is 0 Å². The molecule has 0 saturated heterocycles. The summed E-state index contributed by atoms with van der Waals surface area (Å²) >= 11 is 0. The predicted molar refractivity (Wildman–Crippen MR) is 71.6 cm³/mol. The quantitative estimate of drug-likeness (QED) is 0.561. The van der Waals surface area contributed by atoms with Crippen molar-refractivity contribution >= 4 is 5.78 Å². The maximum Gasteiger partial charge on any atom is 0.227 e. The molecule has 2 aromatic rings. The molecule has 0 radical (unpaired) electrons. The number of carbonyl (C=O) groups is 1. The van der Waals surface area contributed by atoms with Crippen LogP contribution in [0.5, 0.6) is 0 Å². The smallest absolute Gasteiger partial charge is 0.227 e. The van der Waals surface area contributed by atoms with Crippen molar-refractivity contribution in [3.8, 4) is 0 Å². The first-order valence-electron chi connectivity index (χ1n) is 6.13. The normalized spacial score (nSPS) is 9.84. The minimum atomic E-state index is 0. The Balaban J connectivity index is 0.00000180. The van der Waals surface area contributed by atoms with Crippen LogP contribution >= 0.6 is 0 Å². The fourth-order valence-electron chi connectivity index (χ4n) is 2.05. The average Bonchev–Trinajstić information content (AvgIpc) is 2.35. The summed E-state index contributed by atoms with van der Waals surface area (Å²) in [6, 6.07) is 9.89. The summed E-state index contributed by atoms with van der Waals surface area (Å²) in [5.74, 6) is 0.159. The van der Waals surface area contributed by atoms with Crippen molar-refractivity contribution in [3.63, 3.8) is 0 Å². The number of hydrogen-bond acceptors (Lipinski definition) is 1. The van der Waals surface area contributed by atoms with Crippen molar-refractivity contribution < 1.29 is 21.8 Å². The molecule has 0 aliphatic rings. The Bertz CT molecular complexity index is 579. The SMILES string of the molecule is Cc1cc(C)c(C(=O)C[n+]2ccccc2)cc1C.[Cl-]. The first-order chi connectivity index (χ1) is 8.58. The van der Waals surface area contributed by atoms with Gasteiger partial charge in [0.25, 0.3) is 0 Å². The van der Waals surface area contributed by atoms with E-state index in [0.29, 0.717) is 6.54 Å². The van der Waals surface area contributed by atoms with Crippen LogP contribution in [-0.2, 0) is 6.54 Å². The van der Waals surface area contributed by atoms with Gasteiger partial charge >= 0.3 is 0 Å². The minimum absolute atomic E-state index is 0. The predicted octanol–water partition coefficient (Wildman–Crippen LogP) is -0.214. The van der Waals surface area contributed by atoms with E-state index in [1.165, 1.54) is 11.1 Å². The van der Waals surface area contributed by atoms with Crippen LogP contribution < -0.4 is 17.0 Å². The standard InChI is InChI=1S/C16H18NO.ClH/c1-12-9-14(3)15(10-13(12)2)16(18)11-17-7-5-4-6-8-17;/h4-10H,11H2,1-3H3;1H/q+1;/p-1. The van der Waals surface area contributed by atoms with Gasteiger partial charge < -0.3 is 12.4 Å². The lowest BCUT2D eigenvalue weighted by molar-refractivity contribution is -0.683. The van der Waals surface area contributed by atoms with Gasteiger partial charge in [0, 0.05) is 17.7 Å². The monoisotopic (exact) mass is 275 g/mol. The second kappa shape index (κ2) is 6.48. The second-order valence-electron chi connectivity index (χ2n) is 4.72. The molecule has 0 bridgehead atoms. The molecule has 100 valence electrons. The summed E-state index contributed by atoms with van der Waals surface area (Å²) < 4.78 is 1.90. The highest BCUT2D eigenvalue weighted by Gasteiger charge is 2.14. The van der Waals surface area contributed by atoms with Gasteiger partial charge in [0.2, 0.25) is 12.3 Å². The number of ketones is 1. The maximum absolute atomic E-state index is 12.3. The van der Waals surface area contributed by atoms with E-state index >= 15 is 0 Å². The number of rotatable bonds is 3. The molecule has 3 heteroatoms. The molecule has 2 rings (SSSR count). The van der Waals surface area contributed by atoms with Gasteiger partial charge in [-0.15, -0.1) is 0 Å². The third kappa shape index (κ3) is 3.65. The Kier molecular flexibility index (Phi) is 5.25. The van der Waals surface area contributed by atoms with Gasteiger partial charge in [-0.2, -0.15) is 4.57 Å². The van der Waals surface area contributed by atoms with Gasteiger partial charge in [-0.05, 0) is 43.5 Å². The third-order valence-electron chi connectivity index (χ3n) is 3.24.